The highest BCUT2D eigenvalue weighted by atomic mass is 16.6. The summed E-state index contributed by atoms with van der Waals surface area (Å²) in [5.74, 6) is 0.586. The summed E-state index contributed by atoms with van der Waals surface area (Å²) in [5, 5.41) is 4.15. The van der Waals surface area contributed by atoms with Crippen LogP contribution in [0.1, 0.15) is 6.42 Å². The molecule has 1 aromatic rings. The highest BCUT2D eigenvalue weighted by molar-refractivity contribution is 5.30. The number of hydrogen-bond donors (Lipinski definition) is 1. The van der Waals surface area contributed by atoms with Crippen LogP contribution in [0.5, 0.6) is 0 Å². The molecule has 5 heteroatoms. The van der Waals surface area contributed by atoms with Crippen LogP contribution in [0.3, 0.4) is 0 Å². The second-order valence-electron chi connectivity index (χ2n) is 4.33. The maximum absolute atomic E-state index is 5.87. The molecule has 15 heavy (non-hydrogen) atoms. The van der Waals surface area contributed by atoms with Crippen molar-refractivity contribution in [1.29, 1.82) is 0 Å². The smallest absolute Gasteiger partial charge is 0.0864 e. The molecule has 0 bridgehead atoms. The van der Waals surface area contributed by atoms with Crippen molar-refractivity contribution < 1.29 is 9.47 Å². The highest BCUT2D eigenvalue weighted by Crippen LogP contribution is 2.31. The van der Waals surface area contributed by atoms with Gasteiger partial charge in [-0.25, -0.2) is 0 Å². The second-order valence-corrected chi connectivity index (χ2v) is 4.33. The molecule has 0 amide bonds. The summed E-state index contributed by atoms with van der Waals surface area (Å²) in [5.41, 5.74) is 6.31. The van der Waals surface area contributed by atoms with Crippen LogP contribution < -0.4 is 5.73 Å². The lowest BCUT2D eigenvalue weighted by atomic mass is 10.0. The molecule has 0 aromatic carbocycles. The lowest BCUT2D eigenvalue weighted by Crippen LogP contribution is -2.19. The van der Waals surface area contributed by atoms with Gasteiger partial charge in [0.05, 0.1) is 43.9 Å². The minimum atomic E-state index is 0.267. The van der Waals surface area contributed by atoms with E-state index in [0.717, 1.165) is 26.2 Å². The summed E-state index contributed by atoms with van der Waals surface area (Å²) in [7, 11) is 0. The van der Waals surface area contributed by atoms with E-state index < -0.39 is 0 Å². The third-order valence-corrected chi connectivity index (χ3v) is 3.12. The first-order valence-electron chi connectivity index (χ1n) is 5.32. The number of nitrogens with zero attached hydrogens (tertiary/aromatic N) is 2. The SMILES string of the molecule is Nc1cnn(CC2C[C@@H]3COC[C@@H]3O2)c1. The van der Waals surface area contributed by atoms with Crippen molar-refractivity contribution >= 4 is 5.69 Å². The van der Waals surface area contributed by atoms with E-state index in [9.17, 15) is 0 Å². The molecule has 1 aromatic heterocycles. The third-order valence-electron chi connectivity index (χ3n) is 3.12. The van der Waals surface area contributed by atoms with Gasteiger partial charge in [-0.3, -0.25) is 4.68 Å². The fraction of sp³-hybridized carbons (Fsp3) is 0.700. The molecule has 0 radical (unpaired) electrons. The highest BCUT2D eigenvalue weighted by Gasteiger charge is 2.39. The van der Waals surface area contributed by atoms with E-state index in [1.807, 2.05) is 10.9 Å². The zero-order chi connectivity index (χ0) is 10.3. The van der Waals surface area contributed by atoms with Gasteiger partial charge in [0.1, 0.15) is 0 Å². The monoisotopic (exact) mass is 209 g/mol. The van der Waals surface area contributed by atoms with Crippen molar-refractivity contribution in [3.8, 4) is 0 Å². The third kappa shape index (κ3) is 1.72. The van der Waals surface area contributed by atoms with Crippen LogP contribution in [-0.4, -0.2) is 35.2 Å². The zero-order valence-electron chi connectivity index (χ0n) is 8.50. The van der Waals surface area contributed by atoms with Crippen LogP contribution in [0.2, 0.25) is 0 Å². The summed E-state index contributed by atoms with van der Waals surface area (Å²) in [6.45, 7) is 2.40. The molecule has 3 atom stereocenters. The molecule has 2 saturated heterocycles. The number of nitrogen functional groups attached to an aromatic ring is 1. The Bertz CT molecular complexity index is 340. The number of nitrogens with two attached hydrogens (primary N) is 1. The van der Waals surface area contributed by atoms with Crippen molar-refractivity contribution in [3.63, 3.8) is 0 Å². The lowest BCUT2D eigenvalue weighted by Gasteiger charge is -2.11. The minimum Gasteiger partial charge on any atom is -0.396 e. The summed E-state index contributed by atoms with van der Waals surface area (Å²) < 4.78 is 13.1. The van der Waals surface area contributed by atoms with E-state index in [1.165, 1.54) is 0 Å². The number of hydrogen-bond acceptors (Lipinski definition) is 4. The number of rotatable bonds is 2. The number of ether oxygens (including phenoxy) is 2. The number of aromatic nitrogens is 2. The summed E-state index contributed by atoms with van der Waals surface area (Å²) in [6, 6.07) is 0. The maximum Gasteiger partial charge on any atom is 0.0864 e. The first-order valence-corrected chi connectivity index (χ1v) is 5.32. The van der Waals surface area contributed by atoms with Gasteiger partial charge >= 0.3 is 0 Å². The first kappa shape index (κ1) is 9.18. The maximum atomic E-state index is 5.87. The molecule has 2 aliphatic rings. The molecule has 0 aliphatic carbocycles. The van der Waals surface area contributed by atoms with Gasteiger partial charge < -0.3 is 15.2 Å². The van der Waals surface area contributed by atoms with Crippen molar-refractivity contribution in [2.45, 2.75) is 25.2 Å². The summed E-state index contributed by atoms with van der Waals surface area (Å²) in [6.07, 6.45) is 5.16. The average molecular weight is 209 g/mol. The van der Waals surface area contributed by atoms with E-state index in [2.05, 4.69) is 5.10 Å². The predicted octanol–water partition coefficient (Wildman–Crippen LogP) is 0.269. The van der Waals surface area contributed by atoms with Gasteiger partial charge in [-0.1, -0.05) is 0 Å². The van der Waals surface area contributed by atoms with E-state index in [4.69, 9.17) is 15.2 Å². The van der Waals surface area contributed by atoms with Crippen molar-refractivity contribution in [1.82, 2.24) is 9.78 Å². The standard InChI is InChI=1S/C10H15N3O2/c11-8-2-12-13(3-8)4-9-1-7-5-14-6-10(7)15-9/h2-3,7,9-10H,1,4-6,11H2/t7-,9?,10+/m1/s1. The molecule has 82 valence electrons. The van der Waals surface area contributed by atoms with Crippen molar-refractivity contribution in [2.24, 2.45) is 5.92 Å². The summed E-state index contributed by atoms with van der Waals surface area (Å²) >= 11 is 0. The van der Waals surface area contributed by atoms with Gasteiger partial charge in [-0.15, -0.1) is 0 Å². The fourth-order valence-corrected chi connectivity index (χ4v) is 2.40. The first-order chi connectivity index (χ1) is 7.31. The lowest BCUT2D eigenvalue weighted by molar-refractivity contribution is 0.0110. The van der Waals surface area contributed by atoms with Crippen LogP contribution >= 0.6 is 0 Å². The fourth-order valence-electron chi connectivity index (χ4n) is 2.40. The number of fused-ring (bicyclic) bond motifs is 1. The van der Waals surface area contributed by atoms with E-state index in [1.54, 1.807) is 6.20 Å². The van der Waals surface area contributed by atoms with Gasteiger partial charge in [-0.2, -0.15) is 5.10 Å². The molecule has 0 spiro atoms. The normalized spacial score (nSPS) is 34.5. The van der Waals surface area contributed by atoms with Crippen LogP contribution in [0.25, 0.3) is 0 Å². The van der Waals surface area contributed by atoms with Gasteiger partial charge in [0, 0.05) is 12.1 Å². The summed E-state index contributed by atoms with van der Waals surface area (Å²) in [4.78, 5) is 0. The Morgan fingerprint density at radius 2 is 2.47 bits per heavy atom. The van der Waals surface area contributed by atoms with Crippen molar-refractivity contribution in [2.75, 3.05) is 18.9 Å². The molecule has 2 N–H and O–H groups in total. The van der Waals surface area contributed by atoms with Crippen LogP contribution in [0, 0.1) is 5.92 Å². The predicted molar refractivity (Wildman–Crippen MR) is 54.2 cm³/mol. The molecule has 5 nitrogen and oxygen atoms in total. The average Bonchev–Trinajstić information content (AvgIpc) is 2.81. The Hall–Kier alpha value is -1.07. The molecule has 3 heterocycles. The van der Waals surface area contributed by atoms with Gasteiger partial charge in [0.2, 0.25) is 0 Å². The van der Waals surface area contributed by atoms with E-state index in [-0.39, 0.29) is 6.10 Å². The Morgan fingerprint density at radius 1 is 1.53 bits per heavy atom. The molecular formula is C10H15N3O2. The Morgan fingerprint density at radius 3 is 3.20 bits per heavy atom. The van der Waals surface area contributed by atoms with Gasteiger partial charge in [0.25, 0.3) is 0 Å². The van der Waals surface area contributed by atoms with Crippen molar-refractivity contribution in [3.05, 3.63) is 12.4 Å². The zero-order valence-corrected chi connectivity index (χ0v) is 8.50. The van der Waals surface area contributed by atoms with E-state index >= 15 is 0 Å². The quantitative estimate of drug-likeness (QED) is 0.759. The molecule has 1 unspecified atom stereocenters. The Balaban J connectivity index is 1.61. The molecule has 3 rings (SSSR count). The largest absolute Gasteiger partial charge is 0.396 e. The van der Waals surface area contributed by atoms with Crippen LogP contribution in [0.4, 0.5) is 5.69 Å². The van der Waals surface area contributed by atoms with Gasteiger partial charge in [-0.05, 0) is 6.42 Å². The molecular weight excluding hydrogens is 194 g/mol. The van der Waals surface area contributed by atoms with Crippen LogP contribution in [0.15, 0.2) is 12.4 Å². The Kier molecular flexibility index (Phi) is 2.14. The molecule has 2 fully saturated rings. The second kappa shape index (κ2) is 3.50. The van der Waals surface area contributed by atoms with Crippen LogP contribution in [-0.2, 0) is 16.0 Å². The van der Waals surface area contributed by atoms with E-state index in [0.29, 0.717) is 17.7 Å². The molecule has 2 aliphatic heterocycles. The number of anilines is 1. The minimum absolute atomic E-state index is 0.267. The topological polar surface area (TPSA) is 62.3 Å². The Labute approximate surface area is 88.1 Å². The molecule has 0 saturated carbocycles. The van der Waals surface area contributed by atoms with Gasteiger partial charge in [0.15, 0.2) is 0 Å².